The number of anilines is 3. The maximum absolute atomic E-state index is 13.3. The molecule has 0 aliphatic carbocycles. The Morgan fingerprint density at radius 3 is 2.64 bits per heavy atom. The molecular weight excluding hydrogens is 476 g/mol. The smallest absolute Gasteiger partial charge is 0.278 e. The van der Waals surface area contributed by atoms with E-state index in [1.165, 1.54) is 0 Å². The van der Waals surface area contributed by atoms with E-state index in [1.807, 2.05) is 30.3 Å². The molecular formula is C26H29ClN8O. The van der Waals surface area contributed by atoms with E-state index in [9.17, 15) is 4.79 Å². The Morgan fingerprint density at radius 1 is 1.17 bits per heavy atom. The highest BCUT2D eigenvalue weighted by Gasteiger charge is 2.23. The number of nitrogens with one attached hydrogen (secondary N) is 1. The lowest BCUT2D eigenvalue weighted by Crippen LogP contribution is -2.42. The second-order valence-corrected chi connectivity index (χ2v) is 9.49. The summed E-state index contributed by atoms with van der Waals surface area (Å²) in [7, 11) is 4.24. The summed E-state index contributed by atoms with van der Waals surface area (Å²) in [5.41, 5.74) is 1.07. The molecule has 186 valence electrons. The van der Waals surface area contributed by atoms with Gasteiger partial charge in [0.1, 0.15) is 11.2 Å². The van der Waals surface area contributed by atoms with Gasteiger partial charge in [-0.3, -0.25) is 4.79 Å². The van der Waals surface area contributed by atoms with E-state index in [4.69, 9.17) is 21.6 Å². The molecule has 1 fully saturated rings. The van der Waals surface area contributed by atoms with E-state index >= 15 is 0 Å². The topological polar surface area (TPSA) is 84.1 Å². The lowest BCUT2D eigenvalue weighted by Gasteiger charge is -2.35. The average molecular weight is 505 g/mol. The lowest BCUT2D eigenvalue weighted by atomic mass is 10.0. The van der Waals surface area contributed by atoms with Crippen LogP contribution in [0.4, 0.5) is 17.5 Å². The highest BCUT2D eigenvalue weighted by Crippen LogP contribution is 2.23. The summed E-state index contributed by atoms with van der Waals surface area (Å²) in [6, 6.07) is 13.5. The van der Waals surface area contributed by atoms with E-state index < -0.39 is 0 Å². The summed E-state index contributed by atoms with van der Waals surface area (Å²) >= 11 is 6.00. The number of pyridine rings is 1. The van der Waals surface area contributed by atoms with Crippen molar-refractivity contribution < 1.29 is 0 Å². The highest BCUT2D eigenvalue weighted by atomic mass is 35.5. The fourth-order valence-electron chi connectivity index (χ4n) is 4.57. The van der Waals surface area contributed by atoms with Crippen LogP contribution in [0.1, 0.15) is 12.8 Å². The Morgan fingerprint density at radius 2 is 1.92 bits per heavy atom. The summed E-state index contributed by atoms with van der Waals surface area (Å²) < 4.78 is 3.33. The minimum absolute atomic E-state index is 0.196. The van der Waals surface area contributed by atoms with Crippen LogP contribution in [0.25, 0.3) is 16.9 Å². The van der Waals surface area contributed by atoms with Crippen LogP contribution in [-0.4, -0.2) is 62.4 Å². The average Bonchev–Trinajstić information content (AvgIpc) is 3.16. The number of rotatable bonds is 7. The molecule has 3 aromatic heterocycles. The largest absolute Gasteiger partial charge is 0.357 e. The fraction of sp³-hybridized carbons (Fsp3) is 0.308. The van der Waals surface area contributed by atoms with Gasteiger partial charge in [-0.15, -0.1) is 6.58 Å². The number of piperidine rings is 1. The number of allylic oxidation sites excluding steroid dienone is 1. The van der Waals surface area contributed by atoms with Gasteiger partial charge in [-0.2, -0.15) is 4.98 Å². The molecule has 0 amide bonds. The first kappa shape index (κ1) is 24.0. The number of hydrogen-bond donors (Lipinski definition) is 1. The van der Waals surface area contributed by atoms with Crippen molar-refractivity contribution in [3.63, 3.8) is 0 Å². The number of halogens is 1. The van der Waals surface area contributed by atoms with Crippen molar-refractivity contribution in [1.29, 1.82) is 0 Å². The van der Waals surface area contributed by atoms with Gasteiger partial charge in [0, 0.05) is 30.0 Å². The van der Waals surface area contributed by atoms with Crippen molar-refractivity contribution in [2.75, 3.05) is 37.4 Å². The molecule has 0 bridgehead atoms. The number of aromatic nitrogens is 5. The van der Waals surface area contributed by atoms with Gasteiger partial charge >= 0.3 is 0 Å². The number of likely N-dealkylation sites (tertiary alicyclic amines) is 1. The maximum Gasteiger partial charge on any atom is 0.278 e. The van der Waals surface area contributed by atoms with Crippen LogP contribution in [0.5, 0.6) is 0 Å². The van der Waals surface area contributed by atoms with Crippen molar-refractivity contribution in [2.45, 2.75) is 25.4 Å². The predicted molar refractivity (Wildman–Crippen MR) is 145 cm³/mol. The zero-order chi connectivity index (χ0) is 25.2. The number of fused-ring (bicyclic) bond motifs is 1. The minimum Gasteiger partial charge on any atom is -0.357 e. The molecule has 1 aromatic carbocycles. The third-order valence-corrected chi connectivity index (χ3v) is 6.86. The summed E-state index contributed by atoms with van der Waals surface area (Å²) in [4.78, 5) is 31.9. The van der Waals surface area contributed by atoms with Gasteiger partial charge in [0.15, 0.2) is 11.5 Å². The first-order valence-corrected chi connectivity index (χ1v) is 12.3. The number of hydrogen-bond acceptors (Lipinski definition) is 7. The van der Waals surface area contributed by atoms with Crippen molar-refractivity contribution >= 4 is 40.1 Å². The van der Waals surface area contributed by atoms with Gasteiger partial charge in [0.25, 0.3) is 5.56 Å². The van der Waals surface area contributed by atoms with Gasteiger partial charge in [0.2, 0.25) is 5.95 Å². The molecule has 1 saturated heterocycles. The molecule has 4 heterocycles. The van der Waals surface area contributed by atoms with E-state index in [0.717, 1.165) is 37.4 Å². The van der Waals surface area contributed by atoms with Crippen molar-refractivity contribution in [1.82, 2.24) is 29.2 Å². The number of benzene rings is 1. The van der Waals surface area contributed by atoms with E-state index in [-0.39, 0.29) is 5.56 Å². The summed E-state index contributed by atoms with van der Waals surface area (Å²) in [5.74, 6) is 1.83. The second-order valence-electron chi connectivity index (χ2n) is 9.05. The van der Waals surface area contributed by atoms with E-state index in [0.29, 0.717) is 40.4 Å². The standard InChI is InChI=1S/C26H29ClN8O/c1-4-14-34-25(36)21-17-28-26(29-19-10-8-18(27)9-11-19)31-24(21)35(34)23-7-5-6-22(30-23)33(3)20-12-15-32(2)16-13-20/h4-11,17,20H,1,12-16H2,2-3H3,(H,28,29,31). The molecule has 36 heavy (non-hydrogen) atoms. The van der Waals surface area contributed by atoms with Crippen molar-refractivity contribution in [3.8, 4) is 5.82 Å². The minimum atomic E-state index is -0.196. The molecule has 1 aliphatic rings. The van der Waals surface area contributed by atoms with Gasteiger partial charge in [-0.05, 0) is 69.4 Å². The molecule has 9 nitrogen and oxygen atoms in total. The molecule has 0 unspecified atom stereocenters. The van der Waals surface area contributed by atoms with Crippen LogP contribution in [0.15, 0.2) is 66.1 Å². The Labute approximate surface area is 214 Å². The van der Waals surface area contributed by atoms with Crippen LogP contribution in [0.2, 0.25) is 5.02 Å². The van der Waals surface area contributed by atoms with Gasteiger partial charge in [0.05, 0.1) is 6.54 Å². The Balaban J connectivity index is 1.56. The molecule has 0 spiro atoms. The molecule has 1 N–H and O–H groups in total. The van der Waals surface area contributed by atoms with Crippen LogP contribution in [0.3, 0.4) is 0 Å². The zero-order valence-electron chi connectivity index (χ0n) is 20.4. The molecule has 5 rings (SSSR count). The maximum atomic E-state index is 13.3. The van der Waals surface area contributed by atoms with Gasteiger partial charge in [-0.1, -0.05) is 23.7 Å². The summed E-state index contributed by atoms with van der Waals surface area (Å²) in [6.07, 6.45) is 5.40. The van der Waals surface area contributed by atoms with Crippen LogP contribution in [-0.2, 0) is 6.54 Å². The van der Waals surface area contributed by atoms with Crippen LogP contribution < -0.4 is 15.8 Å². The quantitative estimate of drug-likeness (QED) is 0.379. The monoisotopic (exact) mass is 504 g/mol. The summed E-state index contributed by atoms with van der Waals surface area (Å²) in [6.45, 7) is 6.27. The highest BCUT2D eigenvalue weighted by molar-refractivity contribution is 6.30. The lowest BCUT2D eigenvalue weighted by molar-refractivity contribution is 0.252. The third kappa shape index (κ3) is 4.72. The van der Waals surface area contributed by atoms with E-state index in [1.54, 1.807) is 33.8 Å². The Hall–Kier alpha value is -3.69. The van der Waals surface area contributed by atoms with Gasteiger partial charge in [-0.25, -0.2) is 19.3 Å². The first-order valence-electron chi connectivity index (χ1n) is 12.0. The van der Waals surface area contributed by atoms with Crippen molar-refractivity contribution in [3.05, 3.63) is 76.7 Å². The number of nitrogens with zero attached hydrogens (tertiary/aromatic N) is 7. The second kappa shape index (κ2) is 10.1. The molecule has 0 radical (unpaired) electrons. The van der Waals surface area contributed by atoms with Gasteiger partial charge < -0.3 is 15.1 Å². The Bertz CT molecular complexity index is 1440. The summed E-state index contributed by atoms with van der Waals surface area (Å²) in [5, 5.41) is 4.23. The van der Waals surface area contributed by atoms with Crippen LogP contribution in [0, 0.1) is 0 Å². The van der Waals surface area contributed by atoms with Crippen molar-refractivity contribution in [2.24, 2.45) is 0 Å². The molecule has 10 heteroatoms. The zero-order valence-corrected chi connectivity index (χ0v) is 21.2. The predicted octanol–water partition coefficient (Wildman–Crippen LogP) is 4.09. The molecule has 0 atom stereocenters. The SMILES string of the molecule is C=CCn1c(=O)c2cnc(Nc3ccc(Cl)cc3)nc2n1-c1cccc(N(C)C2CCN(C)CC2)n1. The Kier molecular flexibility index (Phi) is 6.75. The third-order valence-electron chi connectivity index (χ3n) is 6.61. The molecule has 4 aromatic rings. The molecule has 0 saturated carbocycles. The van der Waals surface area contributed by atoms with Crippen LogP contribution >= 0.6 is 11.6 Å². The van der Waals surface area contributed by atoms with E-state index in [2.05, 4.69) is 40.8 Å². The fourth-order valence-corrected chi connectivity index (χ4v) is 4.69. The normalized spacial score (nSPS) is 14.8. The molecule has 1 aliphatic heterocycles. The first-order chi connectivity index (χ1) is 17.4.